The van der Waals surface area contributed by atoms with E-state index in [-0.39, 0.29) is 0 Å². The van der Waals surface area contributed by atoms with Crippen molar-refractivity contribution in [2.45, 2.75) is 25.8 Å². The van der Waals surface area contributed by atoms with Gasteiger partial charge in [-0.3, -0.25) is 9.88 Å². The molecule has 1 aromatic heterocycles. The van der Waals surface area contributed by atoms with Gasteiger partial charge in [-0.2, -0.15) is 0 Å². The van der Waals surface area contributed by atoms with E-state index in [1.165, 1.54) is 43.3 Å². The minimum Gasteiger partial charge on any atom is -0.320 e. The summed E-state index contributed by atoms with van der Waals surface area (Å²) in [6.07, 6.45) is 5.88. The summed E-state index contributed by atoms with van der Waals surface area (Å²) in [6.45, 7) is 4.63. The van der Waals surface area contributed by atoms with Crippen molar-refractivity contribution in [2.75, 3.05) is 26.7 Å². The Morgan fingerprint density at radius 1 is 1.19 bits per heavy atom. The van der Waals surface area contributed by atoms with Crippen LogP contribution in [0, 0.1) is 5.92 Å². The van der Waals surface area contributed by atoms with E-state index in [0.29, 0.717) is 0 Å². The highest BCUT2D eigenvalue weighted by Crippen LogP contribution is 2.23. The lowest BCUT2D eigenvalue weighted by Gasteiger charge is -2.32. The van der Waals surface area contributed by atoms with Gasteiger partial charge in [-0.1, -0.05) is 24.3 Å². The third kappa shape index (κ3) is 3.60. The number of nitrogens with zero attached hydrogens (tertiary/aromatic N) is 2. The second kappa shape index (κ2) is 7.01. The van der Waals surface area contributed by atoms with Crippen LogP contribution in [0.1, 0.15) is 24.8 Å². The molecule has 1 N–H and O–H groups in total. The lowest BCUT2D eigenvalue weighted by atomic mass is 9.93. The van der Waals surface area contributed by atoms with Gasteiger partial charge in [-0.25, -0.2) is 0 Å². The minimum absolute atomic E-state index is 0.902. The van der Waals surface area contributed by atoms with Crippen molar-refractivity contribution in [2.24, 2.45) is 5.92 Å². The topological polar surface area (TPSA) is 28.2 Å². The number of fused-ring (bicyclic) bond motifs is 1. The fraction of sp³-hybridized carbons (Fsp3) is 0.500. The molecule has 0 bridgehead atoms. The third-order valence-electron chi connectivity index (χ3n) is 4.62. The third-order valence-corrected chi connectivity index (χ3v) is 4.62. The number of pyridine rings is 1. The first-order chi connectivity index (χ1) is 10.4. The van der Waals surface area contributed by atoms with E-state index in [1.54, 1.807) is 0 Å². The molecule has 0 unspecified atom stereocenters. The van der Waals surface area contributed by atoms with E-state index in [2.05, 4.69) is 39.5 Å². The summed E-state index contributed by atoms with van der Waals surface area (Å²) in [5, 5.41) is 4.51. The summed E-state index contributed by atoms with van der Waals surface area (Å²) < 4.78 is 0. The maximum absolute atomic E-state index is 4.57. The monoisotopic (exact) mass is 283 g/mol. The second-order valence-electron chi connectivity index (χ2n) is 6.10. The van der Waals surface area contributed by atoms with Gasteiger partial charge in [-0.15, -0.1) is 0 Å². The van der Waals surface area contributed by atoms with Crippen molar-refractivity contribution >= 4 is 10.9 Å². The molecule has 0 saturated carbocycles. The van der Waals surface area contributed by atoms with E-state index in [0.717, 1.165) is 24.5 Å². The number of aromatic nitrogens is 1. The van der Waals surface area contributed by atoms with E-state index >= 15 is 0 Å². The SMILES string of the molecule is CNCCC1CCN(Cc2cccc3cccnc23)CC1. The molecule has 1 aliphatic rings. The number of rotatable bonds is 5. The Morgan fingerprint density at radius 2 is 2.00 bits per heavy atom. The summed E-state index contributed by atoms with van der Waals surface area (Å²) in [7, 11) is 2.04. The molecule has 0 radical (unpaired) electrons. The first kappa shape index (κ1) is 14.5. The van der Waals surface area contributed by atoms with E-state index in [9.17, 15) is 0 Å². The molecule has 0 aliphatic carbocycles. The number of hydrogen-bond donors (Lipinski definition) is 1. The van der Waals surface area contributed by atoms with Crippen LogP contribution >= 0.6 is 0 Å². The number of para-hydroxylation sites is 1. The normalized spacial score (nSPS) is 17.4. The average molecular weight is 283 g/mol. The first-order valence-corrected chi connectivity index (χ1v) is 8.06. The van der Waals surface area contributed by atoms with Crippen molar-refractivity contribution in [3.63, 3.8) is 0 Å². The second-order valence-corrected chi connectivity index (χ2v) is 6.10. The zero-order chi connectivity index (χ0) is 14.5. The molecule has 2 aromatic rings. The van der Waals surface area contributed by atoms with Gasteiger partial charge in [-0.05, 0) is 63.5 Å². The molecule has 1 aromatic carbocycles. The molecular formula is C18H25N3. The van der Waals surface area contributed by atoms with E-state index in [4.69, 9.17) is 0 Å². The van der Waals surface area contributed by atoms with Gasteiger partial charge in [0, 0.05) is 18.1 Å². The molecule has 3 rings (SSSR count). The van der Waals surface area contributed by atoms with Gasteiger partial charge in [0.25, 0.3) is 0 Å². The van der Waals surface area contributed by atoms with Crippen LogP contribution in [0.5, 0.6) is 0 Å². The minimum atomic E-state index is 0.902. The fourth-order valence-electron chi connectivity index (χ4n) is 3.32. The Balaban J connectivity index is 1.62. The molecule has 1 fully saturated rings. The van der Waals surface area contributed by atoms with Crippen LogP contribution in [0.15, 0.2) is 36.5 Å². The highest BCUT2D eigenvalue weighted by molar-refractivity contribution is 5.81. The number of benzene rings is 1. The van der Waals surface area contributed by atoms with Gasteiger partial charge >= 0.3 is 0 Å². The van der Waals surface area contributed by atoms with Gasteiger partial charge in [0.05, 0.1) is 5.52 Å². The van der Waals surface area contributed by atoms with Gasteiger partial charge in [0.1, 0.15) is 0 Å². The summed E-state index contributed by atoms with van der Waals surface area (Å²) in [4.78, 5) is 7.15. The number of likely N-dealkylation sites (tertiary alicyclic amines) is 1. The Morgan fingerprint density at radius 3 is 2.81 bits per heavy atom. The standard InChI is InChI=1S/C18H25N3/c1-19-11-7-15-8-12-21(13-9-15)14-17-5-2-4-16-6-3-10-20-18(16)17/h2-6,10,15,19H,7-9,11-14H2,1H3. The van der Waals surface area contributed by atoms with E-state index < -0.39 is 0 Å². The quantitative estimate of drug-likeness (QED) is 0.914. The first-order valence-electron chi connectivity index (χ1n) is 8.06. The summed E-state index contributed by atoms with van der Waals surface area (Å²) in [5.41, 5.74) is 2.53. The van der Waals surface area contributed by atoms with Crippen molar-refractivity contribution in [1.29, 1.82) is 0 Å². The number of hydrogen-bond acceptors (Lipinski definition) is 3. The molecule has 21 heavy (non-hydrogen) atoms. The number of piperidine rings is 1. The van der Waals surface area contributed by atoms with Crippen molar-refractivity contribution in [1.82, 2.24) is 15.2 Å². The molecule has 0 amide bonds. The van der Waals surface area contributed by atoms with Gasteiger partial charge in [0.2, 0.25) is 0 Å². The molecule has 112 valence electrons. The Bertz CT molecular complexity index is 568. The molecule has 2 heterocycles. The molecule has 1 aliphatic heterocycles. The molecule has 0 atom stereocenters. The summed E-state index contributed by atoms with van der Waals surface area (Å²) in [6, 6.07) is 10.7. The molecular weight excluding hydrogens is 258 g/mol. The smallest absolute Gasteiger partial charge is 0.0746 e. The average Bonchev–Trinajstić information content (AvgIpc) is 2.55. The van der Waals surface area contributed by atoms with Gasteiger partial charge < -0.3 is 5.32 Å². The van der Waals surface area contributed by atoms with Crippen LogP contribution in [0.25, 0.3) is 10.9 Å². The lowest BCUT2D eigenvalue weighted by molar-refractivity contribution is 0.173. The number of nitrogens with one attached hydrogen (secondary N) is 1. The molecule has 3 heteroatoms. The van der Waals surface area contributed by atoms with Crippen LogP contribution in [-0.4, -0.2) is 36.6 Å². The molecule has 0 spiro atoms. The lowest BCUT2D eigenvalue weighted by Crippen LogP contribution is -2.34. The molecule has 1 saturated heterocycles. The highest BCUT2D eigenvalue weighted by Gasteiger charge is 2.19. The van der Waals surface area contributed by atoms with Crippen molar-refractivity contribution in [3.8, 4) is 0 Å². The van der Waals surface area contributed by atoms with Crippen molar-refractivity contribution < 1.29 is 0 Å². The summed E-state index contributed by atoms with van der Waals surface area (Å²) in [5.74, 6) is 0.902. The molecule has 3 nitrogen and oxygen atoms in total. The Labute approximate surface area is 127 Å². The summed E-state index contributed by atoms with van der Waals surface area (Å²) >= 11 is 0. The van der Waals surface area contributed by atoms with Crippen LogP contribution in [0.3, 0.4) is 0 Å². The maximum Gasteiger partial charge on any atom is 0.0746 e. The van der Waals surface area contributed by atoms with Crippen LogP contribution in [0.4, 0.5) is 0 Å². The zero-order valence-electron chi connectivity index (χ0n) is 12.9. The predicted molar refractivity (Wildman–Crippen MR) is 88.3 cm³/mol. The zero-order valence-corrected chi connectivity index (χ0v) is 12.9. The van der Waals surface area contributed by atoms with Crippen LogP contribution in [-0.2, 0) is 6.54 Å². The highest BCUT2D eigenvalue weighted by atomic mass is 15.1. The van der Waals surface area contributed by atoms with E-state index in [1.807, 2.05) is 19.3 Å². The van der Waals surface area contributed by atoms with Crippen molar-refractivity contribution in [3.05, 3.63) is 42.1 Å². The van der Waals surface area contributed by atoms with Gasteiger partial charge in [0.15, 0.2) is 0 Å². The largest absolute Gasteiger partial charge is 0.320 e. The van der Waals surface area contributed by atoms with Crippen LogP contribution in [0.2, 0.25) is 0 Å². The Kier molecular flexibility index (Phi) is 4.84. The fourth-order valence-corrected chi connectivity index (χ4v) is 3.32. The predicted octanol–water partition coefficient (Wildman–Crippen LogP) is 3.06. The maximum atomic E-state index is 4.57. The Hall–Kier alpha value is -1.45. The van der Waals surface area contributed by atoms with Crippen LogP contribution < -0.4 is 5.32 Å².